The molecule has 1 aromatic carbocycles. The summed E-state index contributed by atoms with van der Waals surface area (Å²) in [7, 11) is 3.35. The number of fused-ring (bicyclic) bond motifs is 1. The smallest absolute Gasteiger partial charge is 0.279 e. The zero-order valence-corrected chi connectivity index (χ0v) is 17.0. The number of carbonyl (C=O) groups excluding carboxylic acids is 1. The number of nitrogens with one attached hydrogen (secondary N) is 1. The molecule has 8 heteroatoms. The van der Waals surface area contributed by atoms with E-state index in [2.05, 4.69) is 16.9 Å². The first-order chi connectivity index (χ1) is 13.5. The zero-order valence-electron chi connectivity index (χ0n) is 16.2. The summed E-state index contributed by atoms with van der Waals surface area (Å²) in [6.07, 6.45) is 1.87. The largest absolute Gasteiger partial charge is 0.493 e. The third-order valence-corrected chi connectivity index (χ3v) is 5.55. The third kappa shape index (κ3) is 3.64. The minimum atomic E-state index is -0.468. The number of thioether (sulfide) groups is 1. The number of anilines is 1. The Balaban J connectivity index is 2.20. The molecule has 0 unspecified atom stereocenters. The van der Waals surface area contributed by atoms with E-state index >= 15 is 0 Å². The van der Waals surface area contributed by atoms with E-state index in [0.717, 1.165) is 5.56 Å². The number of hydrogen-bond acceptors (Lipinski definition) is 6. The first-order valence-electron chi connectivity index (χ1n) is 8.95. The van der Waals surface area contributed by atoms with Crippen molar-refractivity contribution in [2.45, 2.75) is 24.4 Å². The van der Waals surface area contributed by atoms with Gasteiger partial charge in [-0.05, 0) is 13.0 Å². The van der Waals surface area contributed by atoms with Gasteiger partial charge in [-0.25, -0.2) is 0 Å². The summed E-state index contributed by atoms with van der Waals surface area (Å²) in [6, 6.07) is 5.49. The standard InChI is InChI=1S/C20H23N3O4S/c1-5-10-28-20-22-19(25)16-13(11-15(24)21-18(16)23(20)3)12-8-7-9-14(26-4)17(12)27-6-2/h5,7-9,13H,1,6,10-11H2,2-4H3,(H,21,24)/t13-/m0/s1. The maximum Gasteiger partial charge on any atom is 0.279 e. The maximum atomic E-state index is 12.9. The van der Waals surface area contributed by atoms with Gasteiger partial charge in [0, 0.05) is 30.7 Å². The number of ether oxygens (including phenoxy) is 2. The van der Waals surface area contributed by atoms with Gasteiger partial charge in [0.2, 0.25) is 5.91 Å². The second-order valence-corrected chi connectivity index (χ2v) is 7.22. The monoisotopic (exact) mass is 401 g/mol. The number of aromatic nitrogens is 2. The Bertz CT molecular complexity index is 971. The molecule has 0 fully saturated rings. The molecular formula is C20H23N3O4S. The second-order valence-electron chi connectivity index (χ2n) is 6.24. The molecule has 1 aliphatic rings. The fourth-order valence-corrected chi connectivity index (χ4v) is 4.03. The normalized spacial score (nSPS) is 15.5. The SMILES string of the molecule is C=CCSc1nc(=O)c2c(n1C)NC(=O)C[C@H]2c1cccc(OC)c1OCC. The Kier molecular flexibility index (Phi) is 6.08. The molecule has 148 valence electrons. The van der Waals surface area contributed by atoms with Crippen molar-refractivity contribution in [1.82, 2.24) is 9.55 Å². The van der Waals surface area contributed by atoms with Gasteiger partial charge in [0.1, 0.15) is 5.82 Å². The van der Waals surface area contributed by atoms with E-state index in [4.69, 9.17) is 9.47 Å². The minimum absolute atomic E-state index is 0.135. The third-order valence-electron chi connectivity index (χ3n) is 4.52. The number of para-hydroxylation sites is 1. The summed E-state index contributed by atoms with van der Waals surface area (Å²) in [5.74, 6) is 1.56. The van der Waals surface area contributed by atoms with Gasteiger partial charge in [0.05, 0.1) is 19.3 Å². The van der Waals surface area contributed by atoms with Crippen molar-refractivity contribution in [1.29, 1.82) is 0 Å². The maximum absolute atomic E-state index is 12.9. The van der Waals surface area contributed by atoms with Gasteiger partial charge in [-0.3, -0.25) is 9.59 Å². The quantitative estimate of drug-likeness (QED) is 0.436. The predicted molar refractivity (Wildman–Crippen MR) is 110 cm³/mol. The number of hydrogen-bond donors (Lipinski definition) is 1. The Morgan fingerprint density at radius 1 is 1.43 bits per heavy atom. The molecule has 0 saturated heterocycles. The molecule has 0 radical (unpaired) electrons. The summed E-state index contributed by atoms with van der Waals surface area (Å²) >= 11 is 1.39. The predicted octanol–water partition coefficient (Wildman–Crippen LogP) is 2.94. The van der Waals surface area contributed by atoms with Crippen LogP contribution in [0.3, 0.4) is 0 Å². The fourth-order valence-electron chi connectivity index (χ4n) is 3.33. The van der Waals surface area contributed by atoms with Crippen LogP contribution in [0.2, 0.25) is 0 Å². The van der Waals surface area contributed by atoms with Gasteiger partial charge in [-0.2, -0.15) is 4.98 Å². The van der Waals surface area contributed by atoms with Crippen LogP contribution >= 0.6 is 11.8 Å². The van der Waals surface area contributed by atoms with Crippen LogP contribution in [0.15, 0.2) is 40.8 Å². The van der Waals surface area contributed by atoms with E-state index in [1.165, 1.54) is 11.8 Å². The van der Waals surface area contributed by atoms with E-state index in [1.807, 2.05) is 19.1 Å². The summed E-state index contributed by atoms with van der Waals surface area (Å²) in [5.41, 5.74) is 0.844. The Hall–Kier alpha value is -2.74. The molecule has 0 saturated carbocycles. The van der Waals surface area contributed by atoms with Crippen molar-refractivity contribution in [3.63, 3.8) is 0 Å². The molecule has 0 bridgehead atoms. The summed E-state index contributed by atoms with van der Waals surface area (Å²) in [5, 5.41) is 3.37. The zero-order chi connectivity index (χ0) is 20.3. The number of carbonyl (C=O) groups is 1. The molecule has 1 amide bonds. The van der Waals surface area contributed by atoms with Crippen LogP contribution in [0.5, 0.6) is 11.5 Å². The number of amides is 1. The number of methoxy groups -OCH3 is 1. The molecule has 1 aromatic heterocycles. The van der Waals surface area contributed by atoms with Crippen molar-refractivity contribution < 1.29 is 14.3 Å². The number of benzene rings is 1. The fraction of sp³-hybridized carbons (Fsp3) is 0.350. The molecule has 2 heterocycles. The van der Waals surface area contributed by atoms with Gasteiger partial charge >= 0.3 is 0 Å². The lowest BCUT2D eigenvalue weighted by Crippen LogP contribution is -2.33. The molecule has 1 N–H and O–H groups in total. The van der Waals surface area contributed by atoms with Crippen LogP contribution in [0, 0.1) is 0 Å². The van der Waals surface area contributed by atoms with Crippen LogP contribution < -0.4 is 20.3 Å². The van der Waals surface area contributed by atoms with Crippen LogP contribution in [0.25, 0.3) is 0 Å². The lowest BCUT2D eigenvalue weighted by Gasteiger charge is -2.28. The minimum Gasteiger partial charge on any atom is -0.493 e. The van der Waals surface area contributed by atoms with Gasteiger partial charge in [-0.1, -0.05) is 30.0 Å². The average Bonchev–Trinajstić information content (AvgIpc) is 2.69. The lowest BCUT2D eigenvalue weighted by atomic mass is 9.86. The summed E-state index contributed by atoms with van der Waals surface area (Å²) in [6.45, 7) is 6.00. The highest BCUT2D eigenvalue weighted by Gasteiger charge is 2.34. The van der Waals surface area contributed by atoms with Crippen molar-refractivity contribution in [2.75, 3.05) is 24.8 Å². The number of rotatable bonds is 7. The first-order valence-corrected chi connectivity index (χ1v) is 9.94. The molecular weight excluding hydrogens is 378 g/mol. The van der Waals surface area contributed by atoms with Crippen molar-refractivity contribution in [2.24, 2.45) is 7.05 Å². The van der Waals surface area contributed by atoms with E-state index < -0.39 is 5.92 Å². The van der Waals surface area contributed by atoms with Crippen molar-refractivity contribution in [3.05, 3.63) is 52.3 Å². The summed E-state index contributed by atoms with van der Waals surface area (Å²) < 4.78 is 13.0. The highest BCUT2D eigenvalue weighted by atomic mass is 32.2. The Labute approximate surface area is 167 Å². The van der Waals surface area contributed by atoms with Crippen LogP contribution in [-0.4, -0.2) is 34.9 Å². The van der Waals surface area contributed by atoms with Crippen LogP contribution in [0.4, 0.5) is 5.82 Å². The van der Waals surface area contributed by atoms with Gasteiger partial charge in [0.25, 0.3) is 5.56 Å². The molecule has 28 heavy (non-hydrogen) atoms. The van der Waals surface area contributed by atoms with E-state index in [9.17, 15) is 9.59 Å². The van der Waals surface area contributed by atoms with Gasteiger partial charge in [-0.15, -0.1) is 6.58 Å². The first kappa shape index (κ1) is 20.0. The van der Waals surface area contributed by atoms with Gasteiger partial charge < -0.3 is 19.4 Å². The van der Waals surface area contributed by atoms with Crippen molar-refractivity contribution >= 4 is 23.5 Å². The molecule has 7 nitrogen and oxygen atoms in total. The van der Waals surface area contributed by atoms with Crippen LogP contribution in [-0.2, 0) is 11.8 Å². The van der Waals surface area contributed by atoms with E-state index in [1.54, 1.807) is 30.9 Å². The second kappa shape index (κ2) is 8.52. The van der Waals surface area contributed by atoms with Gasteiger partial charge in [0.15, 0.2) is 16.7 Å². The lowest BCUT2D eigenvalue weighted by molar-refractivity contribution is -0.116. The van der Waals surface area contributed by atoms with E-state index in [-0.39, 0.29) is 17.9 Å². The number of nitrogens with zero attached hydrogens (tertiary/aromatic N) is 2. The topological polar surface area (TPSA) is 82.5 Å². The Morgan fingerprint density at radius 2 is 2.21 bits per heavy atom. The molecule has 3 rings (SSSR count). The molecule has 2 aromatic rings. The molecule has 0 aliphatic carbocycles. The molecule has 1 aliphatic heterocycles. The Morgan fingerprint density at radius 3 is 2.89 bits per heavy atom. The van der Waals surface area contributed by atoms with Crippen LogP contribution in [0.1, 0.15) is 30.4 Å². The average molecular weight is 401 g/mol. The van der Waals surface area contributed by atoms with Crippen molar-refractivity contribution in [3.8, 4) is 11.5 Å². The molecule has 0 spiro atoms. The summed E-state index contributed by atoms with van der Waals surface area (Å²) in [4.78, 5) is 29.6. The highest BCUT2D eigenvalue weighted by Crippen LogP contribution is 2.43. The highest BCUT2D eigenvalue weighted by molar-refractivity contribution is 7.99. The molecule has 1 atom stereocenters. The van der Waals surface area contributed by atoms with E-state index in [0.29, 0.717) is 40.4 Å².